The number of hydrogen-bond acceptors (Lipinski definition) is 3. The number of nitrogens with one attached hydrogen (secondary N) is 1. The van der Waals surface area contributed by atoms with Gasteiger partial charge >= 0.3 is 5.97 Å². The largest absolute Gasteiger partial charge is 0.468 e. The molecule has 3 heteroatoms. The van der Waals surface area contributed by atoms with E-state index in [0.29, 0.717) is 18.4 Å². The van der Waals surface area contributed by atoms with Gasteiger partial charge in [-0.25, -0.2) is 0 Å². The molecule has 0 unspecified atom stereocenters. The Labute approximate surface area is 109 Å². The van der Waals surface area contributed by atoms with Gasteiger partial charge in [-0.15, -0.1) is 6.58 Å². The molecule has 4 fully saturated rings. The van der Waals surface area contributed by atoms with Crippen LogP contribution in [0.1, 0.15) is 32.1 Å². The van der Waals surface area contributed by atoms with Gasteiger partial charge in [0.25, 0.3) is 0 Å². The summed E-state index contributed by atoms with van der Waals surface area (Å²) < 4.78 is 5.14. The fourth-order valence-electron chi connectivity index (χ4n) is 5.03. The van der Waals surface area contributed by atoms with Gasteiger partial charge in [-0.3, -0.25) is 10.1 Å². The summed E-state index contributed by atoms with van der Waals surface area (Å²) in [5.74, 6) is 2.62. The Hall–Kier alpha value is -0.830. The van der Waals surface area contributed by atoms with Crippen molar-refractivity contribution < 1.29 is 9.53 Å². The summed E-state index contributed by atoms with van der Waals surface area (Å²) in [5, 5.41) is 3.49. The summed E-state index contributed by atoms with van der Waals surface area (Å²) in [5.41, 5.74) is -0.420. The zero-order valence-corrected chi connectivity index (χ0v) is 11.2. The lowest BCUT2D eigenvalue weighted by Gasteiger charge is -2.59. The number of hydrogen-bond donors (Lipinski definition) is 1. The number of esters is 1. The highest BCUT2D eigenvalue weighted by atomic mass is 16.5. The van der Waals surface area contributed by atoms with Crippen molar-refractivity contribution in [2.75, 3.05) is 13.7 Å². The molecule has 0 amide bonds. The van der Waals surface area contributed by atoms with Crippen LogP contribution in [0.3, 0.4) is 0 Å². The van der Waals surface area contributed by atoms with Crippen LogP contribution in [-0.4, -0.2) is 25.2 Å². The number of carbonyl (C=O) groups excluding carboxylic acids is 1. The fourth-order valence-corrected chi connectivity index (χ4v) is 5.03. The van der Waals surface area contributed by atoms with Crippen molar-refractivity contribution in [3.05, 3.63) is 12.7 Å². The third kappa shape index (κ3) is 1.56. The first kappa shape index (κ1) is 12.2. The molecule has 0 atom stereocenters. The van der Waals surface area contributed by atoms with Gasteiger partial charge < -0.3 is 4.74 Å². The molecule has 0 aromatic rings. The normalized spacial score (nSPS) is 44.9. The van der Waals surface area contributed by atoms with Gasteiger partial charge in [0.2, 0.25) is 0 Å². The molecule has 0 saturated heterocycles. The van der Waals surface area contributed by atoms with Crippen LogP contribution >= 0.6 is 0 Å². The predicted octanol–water partition coefficient (Wildman–Crippen LogP) is 2.13. The van der Waals surface area contributed by atoms with Crippen molar-refractivity contribution in [3.63, 3.8) is 0 Å². The molecule has 0 aromatic carbocycles. The van der Waals surface area contributed by atoms with Crippen LogP contribution in [0, 0.1) is 23.7 Å². The minimum Gasteiger partial charge on any atom is -0.468 e. The van der Waals surface area contributed by atoms with Gasteiger partial charge in [-0.1, -0.05) is 6.08 Å². The third-order valence-corrected chi connectivity index (χ3v) is 5.49. The van der Waals surface area contributed by atoms with Crippen molar-refractivity contribution >= 4 is 5.97 Å². The molecule has 0 aromatic heterocycles. The van der Waals surface area contributed by atoms with Crippen LogP contribution in [0.4, 0.5) is 0 Å². The molecular formula is C15H23NO2. The quantitative estimate of drug-likeness (QED) is 0.613. The highest BCUT2D eigenvalue weighted by Crippen LogP contribution is 2.58. The Morgan fingerprint density at radius 3 is 2.28 bits per heavy atom. The molecule has 0 radical (unpaired) electrons. The molecule has 4 bridgehead atoms. The zero-order valence-electron chi connectivity index (χ0n) is 11.2. The summed E-state index contributed by atoms with van der Waals surface area (Å²) in [4.78, 5) is 12.4. The fraction of sp³-hybridized carbons (Fsp3) is 0.800. The van der Waals surface area contributed by atoms with Gasteiger partial charge in [0.15, 0.2) is 0 Å². The lowest BCUT2D eigenvalue weighted by Crippen LogP contribution is -2.69. The molecule has 4 rings (SSSR count). The van der Waals surface area contributed by atoms with E-state index in [0.717, 1.165) is 11.8 Å². The van der Waals surface area contributed by atoms with Gasteiger partial charge in [-0.05, 0) is 55.8 Å². The van der Waals surface area contributed by atoms with Crippen LogP contribution in [-0.2, 0) is 9.53 Å². The van der Waals surface area contributed by atoms with Gasteiger partial charge in [0, 0.05) is 6.54 Å². The topological polar surface area (TPSA) is 38.3 Å². The second kappa shape index (κ2) is 4.37. The molecule has 0 aliphatic heterocycles. The standard InChI is InChI=1S/C15H23NO2/c1-3-4-16-15(14(17)18-2)12-6-10-5-11(8-12)9-13(15)7-10/h3,10-13,16H,1,4-9H2,2H3. The first-order valence-corrected chi connectivity index (χ1v) is 7.15. The van der Waals surface area contributed by atoms with Crippen molar-refractivity contribution in [2.24, 2.45) is 23.7 Å². The van der Waals surface area contributed by atoms with Crippen LogP contribution in [0.5, 0.6) is 0 Å². The molecule has 4 aliphatic rings. The molecule has 100 valence electrons. The maximum absolute atomic E-state index is 12.4. The Morgan fingerprint density at radius 2 is 1.83 bits per heavy atom. The zero-order chi connectivity index (χ0) is 12.8. The van der Waals surface area contributed by atoms with Crippen molar-refractivity contribution in [3.8, 4) is 0 Å². The lowest BCUT2D eigenvalue weighted by atomic mass is 9.48. The molecule has 3 nitrogen and oxygen atoms in total. The molecule has 1 N–H and O–H groups in total. The second-order valence-corrected chi connectivity index (χ2v) is 6.33. The summed E-state index contributed by atoms with van der Waals surface area (Å²) in [6.07, 6.45) is 8.04. The van der Waals surface area contributed by atoms with Gasteiger partial charge in [-0.2, -0.15) is 0 Å². The summed E-state index contributed by atoms with van der Waals surface area (Å²) in [6, 6.07) is 0. The Balaban J connectivity index is 1.92. The number of methoxy groups -OCH3 is 1. The predicted molar refractivity (Wildman–Crippen MR) is 70.0 cm³/mol. The van der Waals surface area contributed by atoms with E-state index >= 15 is 0 Å². The van der Waals surface area contributed by atoms with Gasteiger partial charge in [0.1, 0.15) is 5.54 Å². The highest BCUT2D eigenvalue weighted by Gasteiger charge is 2.61. The van der Waals surface area contributed by atoms with Gasteiger partial charge in [0.05, 0.1) is 7.11 Å². The highest BCUT2D eigenvalue weighted by molar-refractivity contribution is 5.82. The van der Waals surface area contributed by atoms with E-state index in [1.165, 1.54) is 39.2 Å². The third-order valence-electron chi connectivity index (χ3n) is 5.49. The van der Waals surface area contributed by atoms with Crippen LogP contribution in [0.25, 0.3) is 0 Å². The first-order valence-electron chi connectivity index (χ1n) is 7.15. The van der Waals surface area contributed by atoms with Crippen LogP contribution in [0.15, 0.2) is 12.7 Å². The maximum Gasteiger partial charge on any atom is 0.326 e. The summed E-state index contributed by atoms with van der Waals surface area (Å²) >= 11 is 0. The van der Waals surface area contributed by atoms with E-state index < -0.39 is 5.54 Å². The number of carbonyl (C=O) groups is 1. The monoisotopic (exact) mass is 249 g/mol. The molecule has 4 aliphatic carbocycles. The molecular weight excluding hydrogens is 226 g/mol. The average Bonchev–Trinajstić information content (AvgIpc) is 2.37. The van der Waals surface area contributed by atoms with E-state index in [-0.39, 0.29) is 5.97 Å². The van der Waals surface area contributed by atoms with Crippen LogP contribution < -0.4 is 5.32 Å². The van der Waals surface area contributed by atoms with E-state index in [2.05, 4.69) is 11.9 Å². The SMILES string of the molecule is C=CCNC1(C(=O)OC)C2CC3CC(C2)CC1C3. The number of rotatable bonds is 4. The molecule has 0 heterocycles. The molecule has 18 heavy (non-hydrogen) atoms. The maximum atomic E-state index is 12.4. The summed E-state index contributed by atoms with van der Waals surface area (Å²) in [6.45, 7) is 4.46. The lowest BCUT2D eigenvalue weighted by molar-refractivity contribution is -0.168. The van der Waals surface area contributed by atoms with Crippen molar-refractivity contribution in [1.29, 1.82) is 0 Å². The molecule has 4 saturated carbocycles. The Bertz CT molecular complexity index is 336. The Kier molecular flexibility index (Phi) is 2.97. The average molecular weight is 249 g/mol. The van der Waals surface area contributed by atoms with E-state index in [9.17, 15) is 4.79 Å². The van der Waals surface area contributed by atoms with E-state index in [1.807, 2.05) is 6.08 Å². The molecule has 0 spiro atoms. The Morgan fingerprint density at radius 1 is 1.28 bits per heavy atom. The van der Waals surface area contributed by atoms with Crippen molar-refractivity contribution in [1.82, 2.24) is 5.32 Å². The van der Waals surface area contributed by atoms with E-state index in [1.54, 1.807) is 0 Å². The number of ether oxygens (including phenoxy) is 1. The van der Waals surface area contributed by atoms with Crippen LogP contribution in [0.2, 0.25) is 0 Å². The first-order chi connectivity index (χ1) is 8.70. The van der Waals surface area contributed by atoms with E-state index in [4.69, 9.17) is 4.74 Å². The smallest absolute Gasteiger partial charge is 0.326 e. The minimum atomic E-state index is -0.420. The second-order valence-electron chi connectivity index (χ2n) is 6.33. The summed E-state index contributed by atoms with van der Waals surface area (Å²) in [7, 11) is 1.52. The van der Waals surface area contributed by atoms with Crippen molar-refractivity contribution in [2.45, 2.75) is 37.6 Å². The minimum absolute atomic E-state index is 0.0434.